The van der Waals surface area contributed by atoms with Crippen molar-refractivity contribution >= 4 is 218 Å². The fraction of sp³-hybridized carbons (Fsp3) is 0. The van der Waals surface area contributed by atoms with Gasteiger partial charge in [0.25, 0.3) is 0 Å². The normalized spacial score (nSPS) is 15.1. The van der Waals surface area contributed by atoms with E-state index in [1.54, 1.807) is 0 Å². The predicted molar refractivity (Wildman–Crippen MR) is 574 cm³/mol. The lowest BCUT2D eigenvalue weighted by atomic mass is 9.45. The van der Waals surface area contributed by atoms with Crippen molar-refractivity contribution in [3.63, 3.8) is 0 Å². The van der Waals surface area contributed by atoms with Gasteiger partial charge in [-0.1, -0.05) is 333 Å². The van der Waals surface area contributed by atoms with Gasteiger partial charge in [-0.2, -0.15) is 0 Å². The summed E-state index contributed by atoms with van der Waals surface area (Å²) in [7, 11) is 0. The van der Waals surface area contributed by atoms with Crippen LogP contribution in [0.1, 0.15) is 27.8 Å². The summed E-state index contributed by atoms with van der Waals surface area (Å²) in [5, 5.41) is 23.7. The molecule has 0 saturated carbocycles. The van der Waals surface area contributed by atoms with Crippen molar-refractivity contribution in [1.82, 2.24) is 19.2 Å². The number of rotatable bonds is 0. The van der Waals surface area contributed by atoms with Crippen molar-refractivity contribution in [2.45, 2.75) is 0 Å². The number of benzene rings is 18. The Kier molecular flexibility index (Phi) is 19.5. The third kappa shape index (κ3) is 13.9. The number of allylic oxidation sites excluding steroid dienone is 10. The number of fused-ring (bicyclic) bond motifs is 38. The Bertz CT molecular complexity index is 8290. The van der Waals surface area contributed by atoms with E-state index in [2.05, 4.69) is 539 Å². The molecule has 0 amide bonds. The molecular formula is C120H84B6N6. The molecule has 0 N–H and O–H groups in total. The summed E-state index contributed by atoms with van der Waals surface area (Å²) >= 11 is 0. The summed E-state index contributed by atoms with van der Waals surface area (Å²) in [5.41, 5.74) is 24.3. The Balaban J connectivity index is 0.0000000851. The van der Waals surface area contributed by atoms with E-state index in [9.17, 15) is 0 Å². The molecule has 0 radical (unpaired) electrons. The summed E-state index contributed by atoms with van der Waals surface area (Å²) in [6.45, 7) is 1.82. The molecule has 0 unspecified atom stereocenters. The maximum absolute atomic E-state index is 2.37. The first kappa shape index (κ1) is 77.9. The third-order valence-electron chi connectivity index (χ3n) is 28.0. The zero-order valence-electron chi connectivity index (χ0n) is 72.6. The van der Waals surface area contributed by atoms with Crippen molar-refractivity contribution in [1.29, 1.82) is 0 Å². The molecule has 12 aliphatic rings. The van der Waals surface area contributed by atoms with Gasteiger partial charge in [-0.15, -0.1) is 0 Å². The van der Waals surface area contributed by atoms with Gasteiger partial charge in [-0.05, 0) is 351 Å². The number of hydrogen-bond donors (Lipinski definition) is 0. The van der Waals surface area contributed by atoms with Crippen LogP contribution in [0.15, 0.2) is 480 Å². The molecule has 0 spiro atoms. The van der Waals surface area contributed by atoms with Crippen molar-refractivity contribution in [2.75, 3.05) is 9.62 Å². The van der Waals surface area contributed by atoms with Gasteiger partial charge in [0, 0.05) is 22.5 Å². The van der Waals surface area contributed by atoms with Gasteiger partial charge < -0.3 is 28.9 Å². The van der Waals surface area contributed by atoms with Crippen molar-refractivity contribution < 1.29 is 0 Å². The van der Waals surface area contributed by atoms with E-state index < -0.39 is 0 Å². The predicted octanol–water partition coefficient (Wildman–Crippen LogP) is 23.8. The number of anilines is 2. The molecule has 12 heteroatoms. The molecule has 0 aromatic heterocycles. The van der Waals surface area contributed by atoms with E-state index in [0.717, 1.165) is 0 Å². The van der Waals surface area contributed by atoms with E-state index in [1.165, 1.54) is 197 Å². The van der Waals surface area contributed by atoms with Crippen LogP contribution in [-0.4, -0.2) is 60.3 Å². The monoisotopic (exact) mass is 1670 g/mol. The molecular weight excluding hydrogens is 1590 g/mol. The fourth-order valence-electron chi connectivity index (χ4n) is 21.6. The van der Waals surface area contributed by atoms with E-state index in [0.29, 0.717) is 34.2 Å². The van der Waals surface area contributed by atoms with E-state index >= 15 is 0 Å². The Morgan fingerprint density at radius 1 is 0.167 bits per heavy atom. The Labute approximate surface area is 771 Å². The highest BCUT2D eigenvalue weighted by atomic mass is 15.1. The molecule has 18 aromatic rings. The van der Waals surface area contributed by atoms with Crippen molar-refractivity contribution in [2.24, 2.45) is 0 Å². The summed E-state index contributed by atoms with van der Waals surface area (Å²) in [6.07, 6.45) is 53.9. The Morgan fingerprint density at radius 2 is 0.523 bits per heavy atom. The molecule has 12 heterocycles. The number of nitrogens with zero attached hydrogens (tertiary/aromatic N) is 6. The smallest absolute Gasteiger partial charge is 0.328 e. The van der Waals surface area contributed by atoms with Crippen LogP contribution in [0.5, 0.6) is 0 Å². The maximum Gasteiger partial charge on any atom is 0.328 e. The lowest BCUT2D eigenvalue weighted by Crippen LogP contribution is -2.56. The van der Waals surface area contributed by atoms with Gasteiger partial charge >= 0.3 is 41.1 Å². The maximum atomic E-state index is 2.37. The quantitative estimate of drug-likeness (QED) is 0.0850. The first-order valence-electron chi connectivity index (χ1n) is 46.0. The van der Waals surface area contributed by atoms with Gasteiger partial charge in [0.15, 0.2) is 0 Å². The molecule has 0 atom stereocenters. The highest BCUT2D eigenvalue weighted by molar-refractivity contribution is 6.86. The van der Waals surface area contributed by atoms with Gasteiger partial charge in [-0.3, -0.25) is 0 Å². The Hall–Kier alpha value is -16.4. The van der Waals surface area contributed by atoms with Crippen LogP contribution >= 0.6 is 0 Å². The summed E-state index contributed by atoms with van der Waals surface area (Å²) in [5.74, 6) is 11.3. The second-order valence-electron chi connectivity index (χ2n) is 35.5. The van der Waals surface area contributed by atoms with Gasteiger partial charge in [0.2, 0.25) is 0 Å². The average Bonchev–Trinajstić information content (AvgIpc) is 0.730. The lowest BCUT2D eigenvalue weighted by molar-refractivity contribution is 0.797. The largest absolute Gasteiger partial charge is 0.389 e. The van der Waals surface area contributed by atoms with E-state index in [4.69, 9.17) is 0 Å². The van der Waals surface area contributed by atoms with E-state index in [1.807, 2.05) is 0 Å². The second-order valence-corrected chi connectivity index (χ2v) is 35.5. The number of hydrogen-bond acceptors (Lipinski definition) is 6. The molecule has 0 fully saturated rings. The first-order chi connectivity index (χ1) is 65.4. The van der Waals surface area contributed by atoms with Crippen LogP contribution in [0.25, 0.3) is 150 Å². The summed E-state index contributed by atoms with van der Waals surface area (Å²) in [6, 6.07) is 119. The SMILES string of the molecule is C1=CB2c3cc4c(ccc5ccccc54)cc3C=CN2C=C1.C1=CB2c3cc4cc5ccccc5cc4cc3C=CN2C=C1.C1=CB2c3cc4ccc5ccccc5c4cc3C=CN2C=C1.C1=CB2c3cc4ccccc4cc3-c3ccccc3N2C=C1.C1=CB2c3ccc4ccccc4c3-c3ccccc3N2C=C1.C1=CN2C=Cc3cc4ccccc4cc3B2c2ccccc21. The topological polar surface area (TPSA) is 19.4 Å². The second kappa shape index (κ2) is 33.0. The lowest BCUT2D eigenvalue weighted by Gasteiger charge is -2.36. The Morgan fingerprint density at radius 3 is 1.11 bits per heavy atom. The van der Waals surface area contributed by atoms with E-state index in [-0.39, 0.29) is 6.85 Å². The molecule has 18 aromatic carbocycles. The highest BCUT2D eigenvalue weighted by Crippen LogP contribution is 2.42. The zero-order valence-corrected chi connectivity index (χ0v) is 72.6. The van der Waals surface area contributed by atoms with Crippen LogP contribution in [0.3, 0.4) is 0 Å². The molecule has 0 bridgehead atoms. The van der Waals surface area contributed by atoms with Crippen LogP contribution in [0.2, 0.25) is 0 Å². The third-order valence-corrected chi connectivity index (χ3v) is 28.0. The minimum absolute atomic E-state index is 0.283. The fourth-order valence-corrected chi connectivity index (χ4v) is 21.6. The molecule has 0 saturated heterocycles. The average molecular weight is 1670 g/mol. The van der Waals surface area contributed by atoms with Crippen molar-refractivity contribution in [3.8, 4) is 22.3 Å². The van der Waals surface area contributed by atoms with Crippen LogP contribution < -0.4 is 47.9 Å². The van der Waals surface area contributed by atoms with Crippen LogP contribution in [0, 0.1) is 0 Å². The first-order valence-corrected chi connectivity index (χ1v) is 46.0. The molecule has 0 aliphatic carbocycles. The van der Waals surface area contributed by atoms with Gasteiger partial charge in [0.05, 0.1) is 0 Å². The van der Waals surface area contributed by atoms with Crippen LogP contribution in [0.4, 0.5) is 11.4 Å². The standard InChI is InChI=1S/6C20H14BN/c1-2-8-16-15(7-1)11-12-18-20(16)17-9-3-4-10-19(17)22-14-6-5-13-21(18)22;1-2-8-16-14-19-18(13-15(16)7-1)17-9-3-4-10-20(17)22-12-6-5-11-21(19)22;1-2-7-17-14-20-18(13-16(17)6-1)10-12-22-11-9-15-5-3-4-8-19(15)21(20)22;1-2-6-18-15(5-1)7-8-16-14-20-17(13-19(16)18)9-12-22-11-4-3-10-21(20)22;1-2-6-18-15(5-1)7-8-16-13-17-9-12-22-11-4-3-10-21(22)20(17)14-19(16)18;1-2-6-16-12-19-14-20-17(13-18(19)11-15(16)5-1)7-10-22-9-4-3-8-21(20)22/h6*1-14H. The molecule has 612 valence electrons. The van der Waals surface area contributed by atoms with Gasteiger partial charge in [-0.25, -0.2) is 0 Å². The summed E-state index contributed by atoms with van der Waals surface area (Å²) < 4.78 is 0. The minimum Gasteiger partial charge on any atom is -0.389 e. The van der Waals surface area contributed by atoms with Crippen LogP contribution in [-0.2, 0) is 0 Å². The molecule has 30 rings (SSSR count). The number of para-hydroxylation sites is 2. The molecule has 6 nitrogen and oxygen atoms in total. The summed E-state index contributed by atoms with van der Waals surface area (Å²) in [4.78, 5) is 13.8. The highest BCUT2D eigenvalue weighted by Gasteiger charge is 2.38. The zero-order chi connectivity index (χ0) is 87.1. The molecule has 132 heavy (non-hydrogen) atoms. The molecule has 12 aliphatic heterocycles. The van der Waals surface area contributed by atoms with Crippen molar-refractivity contribution in [3.05, 3.63) is 508 Å². The minimum atomic E-state index is 0.283. The van der Waals surface area contributed by atoms with Gasteiger partial charge in [0.1, 0.15) is 0 Å².